The summed E-state index contributed by atoms with van der Waals surface area (Å²) >= 11 is 0. The van der Waals surface area contributed by atoms with Crippen LogP contribution in [0, 0.1) is 0 Å². The van der Waals surface area contributed by atoms with Gasteiger partial charge in [-0.05, 0) is 103 Å². The molecule has 0 unspecified atom stereocenters. The summed E-state index contributed by atoms with van der Waals surface area (Å²) in [6.45, 7) is 0. The first kappa shape index (κ1) is 41.0. The molecule has 2 aromatic heterocycles. The number of fused-ring (bicyclic) bond motifs is 7. The molecule has 294 valence electrons. The number of hydrogen-bond acceptors (Lipinski definition) is 0. The van der Waals surface area contributed by atoms with E-state index in [2.05, 4.69) is 162 Å². The maximum absolute atomic E-state index is 7.45. The molecule has 0 aliphatic rings. The Balaban J connectivity index is 1.10. The fourth-order valence-corrected chi connectivity index (χ4v) is 10.3. The predicted molar refractivity (Wildman–Crippen MR) is 292 cm³/mol. The van der Waals surface area contributed by atoms with Gasteiger partial charge in [-0.1, -0.05) is 173 Å². The van der Waals surface area contributed by atoms with Crippen molar-refractivity contribution < 1.29 is 0 Å². The quantitative estimate of drug-likeness (QED) is 0.156. The van der Waals surface area contributed by atoms with Gasteiger partial charge in [0.05, 0.1) is 11.0 Å². The fraction of sp³-hybridized carbons (Fsp3) is 0. The van der Waals surface area contributed by atoms with Gasteiger partial charge in [0.1, 0.15) is 54.9 Å². The van der Waals surface area contributed by atoms with Crippen molar-refractivity contribution in [2.45, 2.75) is 0 Å². The molecule has 10 aromatic carbocycles. The second-order valence-electron chi connectivity index (χ2n) is 17.2. The van der Waals surface area contributed by atoms with E-state index in [0.29, 0.717) is 43.8 Å². The first-order valence-electron chi connectivity index (χ1n) is 22.1. The van der Waals surface area contributed by atoms with Crippen molar-refractivity contribution in [1.29, 1.82) is 0 Å². The van der Waals surface area contributed by atoms with Crippen molar-refractivity contribution in [3.8, 4) is 55.9 Å². The van der Waals surface area contributed by atoms with Crippen molar-refractivity contribution in [3.05, 3.63) is 188 Å². The Bertz CT molecular complexity index is 3960. The number of rotatable bonds is 6. The van der Waals surface area contributed by atoms with Crippen LogP contribution in [0.2, 0.25) is 0 Å². The summed E-state index contributed by atoms with van der Waals surface area (Å²) in [6.07, 6.45) is 0. The summed E-state index contributed by atoms with van der Waals surface area (Å²) in [4.78, 5) is 0. The lowest BCUT2D eigenvalue weighted by atomic mass is 9.64. The number of hydrogen-bond donors (Lipinski definition) is 0. The van der Waals surface area contributed by atoms with Gasteiger partial charge < -0.3 is 9.13 Å². The zero-order valence-electron chi connectivity index (χ0n) is 36.3. The van der Waals surface area contributed by atoms with Gasteiger partial charge in [0, 0.05) is 38.6 Å². The summed E-state index contributed by atoms with van der Waals surface area (Å²) in [5, 5.41) is 5.55. The van der Waals surface area contributed by atoms with Gasteiger partial charge in [0.25, 0.3) is 0 Å². The molecular formula is C58H31B7N2. The Labute approximate surface area is 398 Å². The van der Waals surface area contributed by atoms with Crippen LogP contribution < -0.4 is 38.2 Å². The molecular weight excluding hydrogens is 800 g/mol. The Morgan fingerprint density at radius 1 is 0.284 bits per heavy atom. The van der Waals surface area contributed by atoms with Crippen molar-refractivity contribution >= 4 is 148 Å². The van der Waals surface area contributed by atoms with Crippen LogP contribution in [-0.4, -0.2) is 64.1 Å². The number of nitrogens with zero attached hydrogens (tertiary/aromatic N) is 2. The first-order chi connectivity index (χ1) is 32.7. The van der Waals surface area contributed by atoms with Crippen molar-refractivity contribution in [2.24, 2.45) is 0 Å². The predicted octanol–water partition coefficient (Wildman–Crippen LogP) is 7.26. The van der Waals surface area contributed by atoms with Crippen molar-refractivity contribution in [3.63, 3.8) is 0 Å². The molecule has 0 aliphatic carbocycles. The molecule has 0 atom stereocenters. The molecule has 0 N–H and O–H groups in total. The van der Waals surface area contributed by atoms with Gasteiger partial charge in [-0.25, -0.2) is 0 Å². The molecule has 0 saturated heterocycles. The van der Waals surface area contributed by atoms with Crippen LogP contribution in [0.4, 0.5) is 0 Å². The van der Waals surface area contributed by atoms with Crippen LogP contribution in [0.15, 0.2) is 188 Å². The van der Waals surface area contributed by atoms with Crippen molar-refractivity contribution in [2.75, 3.05) is 0 Å². The lowest BCUT2D eigenvalue weighted by Crippen LogP contribution is -2.48. The third kappa shape index (κ3) is 6.28. The fourth-order valence-electron chi connectivity index (χ4n) is 10.3. The van der Waals surface area contributed by atoms with Crippen LogP contribution in [0.1, 0.15) is 0 Å². The molecule has 9 heteroatoms. The van der Waals surface area contributed by atoms with Crippen LogP contribution in [0.3, 0.4) is 0 Å². The van der Waals surface area contributed by atoms with Gasteiger partial charge >= 0.3 is 0 Å². The molecule has 12 rings (SSSR count). The molecule has 0 aliphatic heterocycles. The summed E-state index contributed by atoms with van der Waals surface area (Å²) in [5.41, 5.74) is 14.9. The third-order valence-corrected chi connectivity index (χ3v) is 13.5. The van der Waals surface area contributed by atoms with Crippen LogP contribution in [-0.2, 0) is 0 Å². The minimum absolute atomic E-state index is 0.172. The van der Waals surface area contributed by atoms with E-state index in [1.807, 2.05) is 34.9 Å². The summed E-state index contributed by atoms with van der Waals surface area (Å²) in [6, 6.07) is 65.3. The van der Waals surface area contributed by atoms with Crippen molar-refractivity contribution in [1.82, 2.24) is 9.13 Å². The Kier molecular flexibility index (Phi) is 9.69. The summed E-state index contributed by atoms with van der Waals surface area (Å²) in [7, 11) is 49.1. The maximum atomic E-state index is 7.45. The van der Waals surface area contributed by atoms with Gasteiger partial charge in [0.15, 0.2) is 0 Å². The normalized spacial score (nSPS) is 11.7. The maximum Gasteiger partial charge on any atom is 0.115 e. The highest BCUT2D eigenvalue weighted by atomic mass is 15.0. The average molecular weight is 832 g/mol. The molecule has 0 bridgehead atoms. The van der Waals surface area contributed by atoms with E-state index in [-0.39, 0.29) is 21.9 Å². The summed E-state index contributed by atoms with van der Waals surface area (Å²) in [5.74, 6) is 0. The van der Waals surface area contributed by atoms with E-state index in [4.69, 9.17) is 54.9 Å². The van der Waals surface area contributed by atoms with Crippen LogP contribution >= 0.6 is 0 Å². The monoisotopic (exact) mass is 832 g/mol. The van der Waals surface area contributed by atoms with Gasteiger partial charge in [-0.2, -0.15) is 0 Å². The third-order valence-electron chi connectivity index (χ3n) is 13.5. The zero-order valence-corrected chi connectivity index (χ0v) is 36.3. The smallest absolute Gasteiger partial charge is 0.115 e. The van der Waals surface area contributed by atoms with E-state index < -0.39 is 0 Å². The minimum Gasteiger partial charge on any atom is -0.311 e. The van der Waals surface area contributed by atoms with E-state index >= 15 is 0 Å². The van der Waals surface area contributed by atoms with Gasteiger partial charge in [0.2, 0.25) is 0 Å². The van der Waals surface area contributed by atoms with E-state index in [9.17, 15) is 0 Å². The topological polar surface area (TPSA) is 9.86 Å². The van der Waals surface area contributed by atoms with E-state index in [1.165, 1.54) is 0 Å². The molecule has 0 fully saturated rings. The highest BCUT2D eigenvalue weighted by Crippen LogP contribution is 2.41. The molecule has 2 heterocycles. The average Bonchev–Trinajstić information content (AvgIpc) is 3.92. The minimum atomic E-state index is 0.172. The van der Waals surface area contributed by atoms with Gasteiger partial charge in [-0.15, -0.1) is 10.9 Å². The van der Waals surface area contributed by atoms with E-state index in [1.54, 1.807) is 0 Å². The molecule has 2 nitrogen and oxygen atoms in total. The number of aromatic nitrogens is 2. The van der Waals surface area contributed by atoms with Crippen LogP contribution in [0.25, 0.3) is 110 Å². The standard InChI is InChI=1S/C58H31B7N2/c59-50-46(37-25-30-44-43(31-37)47-42(35-13-5-2-6-14-35)19-10-20-45(47)66(44)38-26-21-33(22-27-38)32-11-3-1-4-12-32)51(60)55(64)57-48(50)49-52(61)53(62)54(63)56(65)58(49)67(57)39-28-23-36(24-29-39)41-18-9-16-34-15-7-8-17-40(34)41/h1-31H. The Hall–Kier alpha value is -7.49. The molecule has 67 heavy (non-hydrogen) atoms. The second-order valence-corrected chi connectivity index (χ2v) is 17.2. The largest absolute Gasteiger partial charge is 0.311 e. The SMILES string of the molecule is [B]c1c([B])c([B])c2c(c1[B])c1c([B])c(-c3ccc4c(c3)c3c(-c5ccccc5)cccc3n4-c3ccc(-c4ccccc4)cc3)c([B])c([B])c1n2-c1ccc(-c2cccc3ccccc23)cc1. The molecule has 14 radical (unpaired) electrons. The van der Waals surface area contributed by atoms with Crippen LogP contribution in [0.5, 0.6) is 0 Å². The molecule has 0 saturated carbocycles. The van der Waals surface area contributed by atoms with E-state index in [0.717, 1.165) is 82.9 Å². The molecule has 12 aromatic rings. The highest BCUT2D eigenvalue weighted by molar-refractivity contribution is 6.69. The molecule has 0 spiro atoms. The lowest BCUT2D eigenvalue weighted by Gasteiger charge is -2.19. The highest BCUT2D eigenvalue weighted by Gasteiger charge is 2.25. The summed E-state index contributed by atoms with van der Waals surface area (Å²) < 4.78 is 4.27. The Morgan fingerprint density at radius 2 is 0.791 bits per heavy atom. The number of benzene rings is 10. The first-order valence-corrected chi connectivity index (χ1v) is 22.1. The lowest BCUT2D eigenvalue weighted by molar-refractivity contribution is 1.18. The second kappa shape index (κ2) is 15.8. The molecule has 0 amide bonds. The zero-order chi connectivity index (χ0) is 45.7. The Morgan fingerprint density at radius 3 is 1.51 bits per heavy atom. The van der Waals surface area contributed by atoms with Gasteiger partial charge in [-0.3, -0.25) is 0 Å².